The van der Waals surface area contributed by atoms with Crippen LogP contribution >= 0.6 is 0 Å². The van der Waals surface area contributed by atoms with Crippen LogP contribution in [0.15, 0.2) is 18.2 Å². The quantitative estimate of drug-likeness (QED) is 0.785. The van der Waals surface area contributed by atoms with Crippen LogP contribution in [-0.4, -0.2) is 43.5 Å². The first kappa shape index (κ1) is 14.6. The predicted octanol–water partition coefficient (Wildman–Crippen LogP) is 2.20. The highest BCUT2D eigenvalue weighted by Gasteiger charge is 2.31. The number of morpholine rings is 1. The number of rotatable bonds is 2. The van der Waals surface area contributed by atoms with Crippen LogP contribution < -0.4 is 4.74 Å². The number of amides is 1. The summed E-state index contributed by atoms with van der Waals surface area (Å²) in [5, 5.41) is 0. The molecule has 1 aromatic carbocycles. The number of carbonyl (C=O) groups excluding carboxylic acids is 1. The molecule has 0 saturated carbocycles. The molecule has 0 N–H and O–H groups in total. The summed E-state index contributed by atoms with van der Waals surface area (Å²) in [4.78, 5) is 13.4. The van der Waals surface area contributed by atoms with Crippen molar-refractivity contribution >= 4 is 5.91 Å². The summed E-state index contributed by atoms with van der Waals surface area (Å²) in [6, 6.07) is 2.43. The Hall–Kier alpha value is -1.83. The Morgan fingerprint density at radius 2 is 1.90 bits per heavy atom. The molecule has 1 aliphatic heterocycles. The van der Waals surface area contributed by atoms with E-state index in [-0.39, 0.29) is 5.56 Å². The van der Waals surface area contributed by atoms with Gasteiger partial charge in [0.1, 0.15) is 11.6 Å². The highest BCUT2D eigenvalue weighted by molar-refractivity contribution is 5.94. The van der Waals surface area contributed by atoms with Crippen LogP contribution in [0, 0.1) is 5.82 Å². The maximum Gasteiger partial charge on any atom is 0.573 e. The molecule has 20 heavy (non-hydrogen) atoms. The number of alkyl halides is 3. The van der Waals surface area contributed by atoms with Crippen LogP contribution in [-0.2, 0) is 4.74 Å². The molecule has 110 valence electrons. The Balaban J connectivity index is 2.14. The first-order valence-corrected chi connectivity index (χ1v) is 5.79. The monoisotopic (exact) mass is 293 g/mol. The molecule has 0 aromatic heterocycles. The van der Waals surface area contributed by atoms with E-state index in [2.05, 4.69) is 4.74 Å². The third-order valence-corrected chi connectivity index (χ3v) is 2.70. The van der Waals surface area contributed by atoms with Gasteiger partial charge in [-0.15, -0.1) is 13.2 Å². The van der Waals surface area contributed by atoms with E-state index < -0.39 is 23.8 Å². The summed E-state index contributed by atoms with van der Waals surface area (Å²) >= 11 is 0. The molecule has 1 saturated heterocycles. The molecule has 0 bridgehead atoms. The zero-order chi connectivity index (χ0) is 14.8. The molecular weight excluding hydrogens is 282 g/mol. The van der Waals surface area contributed by atoms with Crippen LogP contribution in [0.2, 0.25) is 0 Å². The summed E-state index contributed by atoms with van der Waals surface area (Å²) in [6.45, 7) is 1.34. The average Bonchev–Trinajstić information content (AvgIpc) is 2.37. The molecule has 0 unspecified atom stereocenters. The van der Waals surface area contributed by atoms with Crippen LogP contribution in [0.5, 0.6) is 5.75 Å². The first-order valence-electron chi connectivity index (χ1n) is 5.79. The van der Waals surface area contributed by atoms with Crippen LogP contribution in [0.25, 0.3) is 0 Å². The van der Waals surface area contributed by atoms with Gasteiger partial charge in [0.05, 0.1) is 18.8 Å². The maximum absolute atomic E-state index is 13.7. The van der Waals surface area contributed by atoms with Crippen molar-refractivity contribution in [3.8, 4) is 5.75 Å². The van der Waals surface area contributed by atoms with Gasteiger partial charge in [-0.05, 0) is 12.1 Å². The number of hydrogen-bond donors (Lipinski definition) is 0. The van der Waals surface area contributed by atoms with Gasteiger partial charge in [-0.1, -0.05) is 0 Å². The van der Waals surface area contributed by atoms with Crippen molar-refractivity contribution in [3.63, 3.8) is 0 Å². The fourth-order valence-corrected chi connectivity index (χ4v) is 1.80. The van der Waals surface area contributed by atoms with E-state index in [0.29, 0.717) is 32.4 Å². The fourth-order valence-electron chi connectivity index (χ4n) is 1.80. The maximum atomic E-state index is 13.7. The topological polar surface area (TPSA) is 38.8 Å². The number of carbonyl (C=O) groups is 1. The Morgan fingerprint density at radius 3 is 2.45 bits per heavy atom. The smallest absolute Gasteiger partial charge is 0.406 e. The number of halogens is 4. The van der Waals surface area contributed by atoms with Crippen LogP contribution in [0.1, 0.15) is 10.4 Å². The minimum Gasteiger partial charge on any atom is -0.406 e. The van der Waals surface area contributed by atoms with Crippen LogP contribution in [0.4, 0.5) is 17.6 Å². The van der Waals surface area contributed by atoms with Gasteiger partial charge in [0.25, 0.3) is 5.91 Å². The standard InChI is InChI=1S/C12H11F4NO3/c13-10-7-8(20-12(14,15)16)1-2-9(10)11(18)17-3-5-19-6-4-17/h1-2,7H,3-6H2. The van der Waals surface area contributed by atoms with Crippen molar-refractivity contribution in [2.75, 3.05) is 26.3 Å². The van der Waals surface area contributed by atoms with Gasteiger partial charge >= 0.3 is 6.36 Å². The molecule has 1 amide bonds. The molecule has 0 radical (unpaired) electrons. The second-order valence-corrected chi connectivity index (χ2v) is 4.09. The van der Waals surface area contributed by atoms with E-state index in [1.807, 2.05) is 0 Å². The van der Waals surface area contributed by atoms with E-state index in [1.165, 1.54) is 4.90 Å². The summed E-state index contributed by atoms with van der Waals surface area (Å²) < 4.78 is 58.3. The van der Waals surface area contributed by atoms with Crippen molar-refractivity contribution in [2.45, 2.75) is 6.36 Å². The van der Waals surface area contributed by atoms with Crippen molar-refractivity contribution in [1.82, 2.24) is 4.90 Å². The molecule has 1 aliphatic rings. The predicted molar refractivity (Wildman–Crippen MR) is 59.8 cm³/mol. The molecule has 2 rings (SSSR count). The Labute approximate surface area is 111 Å². The minimum absolute atomic E-state index is 0.290. The molecule has 0 aliphatic carbocycles. The molecular formula is C12H11F4NO3. The summed E-state index contributed by atoms with van der Waals surface area (Å²) in [5.74, 6) is -2.33. The molecule has 4 nitrogen and oxygen atoms in total. The largest absolute Gasteiger partial charge is 0.573 e. The molecule has 0 spiro atoms. The van der Waals surface area contributed by atoms with Crippen molar-refractivity contribution in [2.24, 2.45) is 0 Å². The van der Waals surface area contributed by atoms with E-state index >= 15 is 0 Å². The first-order chi connectivity index (χ1) is 9.37. The number of ether oxygens (including phenoxy) is 2. The second-order valence-electron chi connectivity index (χ2n) is 4.09. The number of hydrogen-bond acceptors (Lipinski definition) is 3. The highest BCUT2D eigenvalue weighted by Crippen LogP contribution is 2.25. The fraction of sp³-hybridized carbons (Fsp3) is 0.417. The number of nitrogens with zero attached hydrogens (tertiary/aromatic N) is 1. The van der Waals surface area contributed by atoms with E-state index in [4.69, 9.17) is 4.74 Å². The third-order valence-electron chi connectivity index (χ3n) is 2.70. The lowest BCUT2D eigenvalue weighted by Gasteiger charge is -2.27. The zero-order valence-corrected chi connectivity index (χ0v) is 10.2. The summed E-state index contributed by atoms with van der Waals surface area (Å²) in [5.41, 5.74) is -0.290. The lowest BCUT2D eigenvalue weighted by Crippen LogP contribution is -2.41. The second kappa shape index (κ2) is 5.66. The van der Waals surface area contributed by atoms with Crippen molar-refractivity contribution in [1.29, 1.82) is 0 Å². The Kier molecular flexibility index (Phi) is 4.12. The molecule has 1 heterocycles. The van der Waals surface area contributed by atoms with Crippen molar-refractivity contribution < 1.29 is 31.8 Å². The molecule has 8 heteroatoms. The zero-order valence-electron chi connectivity index (χ0n) is 10.2. The third kappa shape index (κ3) is 3.60. The van der Waals surface area contributed by atoms with Crippen LogP contribution in [0.3, 0.4) is 0 Å². The van der Waals surface area contributed by atoms with E-state index in [0.717, 1.165) is 12.1 Å². The Bertz CT molecular complexity index is 498. The average molecular weight is 293 g/mol. The SMILES string of the molecule is O=C(c1ccc(OC(F)(F)F)cc1F)N1CCOCC1. The van der Waals surface area contributed by atoms with Crippen molar-refractivity contribution in [3.05, 3.63) is 29.6 Å². The number of benzene rings is 1. The van der Waals surface area contributed by atoms with Gasteiger partial charge in [0.2, 0.25) is 0 Å². The Morgan fingerprint density at radius 1 is 1.25 bits per heavy atom. The normalized spacial score (nSPS) is 16.1. The highest BCUT2D eigenvalue weighted by atomic mass is 19.4. The summed E-state index contributed by atoms with van der Waals surface area (Å²) in [7, 11) is 0. The van der Waals surface area contributed by atoms with Gasteiger partial charge in [0, 0.05) is 19.2 Å². The molecule has 0 atom stereocenters. The molecule has 1 fully saturated rings. The lowest BCUT2D eigenvalue weighted by molar-refractivity contribution is -0.274. The van der Waals surface area contributed by atoms with E-state index in [1.54, 1.807) is 0 Å². The van der Waals surface area contributed by atoms with E-state index in [9.17, 15) is 22.4 Å². The lowest BCUT2D eigenvalue weighted by atomic mass is 10.1. The summed E-state index contributed by atoms with van der Waals surface area (Å²) in [6.07, 6.45) is -4.90. The van der Waals surface area contributed by atoms with Gasteiger partial charge in [-0.3, -0.25) is 4.79 Å². The minimum atomic E-state index is -4.90. The van der Waals surface area contributed by atoms with Gasteiger partial charge in [0.15, 0.2) is 0 Å². The van der Waals surface area contributed by atoms with Gasteiger partial charge < -0.3 is 14.4 Å². The molecule has 1 aromatic rings. The van der Waals surface area contributed by atoms with Gasteiger partial charge in [-0.25, -0.2) is 4.39 Å². The van der Waals surface area contributed by atoms with Gasteiger partial charge in [-0.2, -0.15) is 0 Å².